The Balaban J connectivity index is 2.01. The first-order valence-electron chi connectivity index (χ1n) is 7.48. The molecule has 1 aliphatic carbocycles. The summed E-state index contributed by atoms with van der Waals surface area (Å²) >= 11 is 0. The maximum Gasteiger partial charge on any atom is 0.341 e. The molecule has 0 amide bonds. The van der Waals surface area contributed by atoms with E-state index in [1.807, 2.05) is 28.8 Å². The summed E-state index contributed by atoms with van der Waals surface area (Å²) in [5, 5.41) is 9.72. The summed E-state index contributed by atoms with van der Waals surface area (Å²) in [6.07, 6.45) is 6.95. The molecule has 5 heteroatoms. The van der Waals surface area contributed by atoms with Crippen LogP contribution < -0.4 is 5.43 Å². The highest BCUT2D eigenvalue weighted by Crippen LogP contribution is 2.37. The van der Waals surface area contributed by atoms with Crippen molar-refractivity contribution in [2.75, 3.05) is 0 Å². The highest BCUT2D eigenvalue weighted by Gasteiger charge is 2.26. The Labute approximate surface area is 131 Å². The van der Waals surface area contributed by atoms with Crippen molar-refractivity contribution in [2.45, 2.75) is 18.9 Å². The molecule has 1 N–H and O–H groups in total. The number of fused-ring (bicyclic) bond motifs is 1. The molecule has 0 bridgehead atoms. The highest BCUT2D eigenvalue weighted by molar-refractivity contribution is 5.93. The maximum atomic E-state index is 12.4. The third-order valence-electron chi connectivity index (χ3n) is 4.22. The third kappa shape index (κ3) is 2.30. The molecular weight excluding hydrogens is 292 g/mol. The fourth-order valence-corrected chi connectivity index (χ4v) is 2.88. The Morgan fingerprint density at radius 2 is 1.87 bits per heavy atom. The molecule has 23 heavy (non-hydrogen) atoms. The minimum Gasteiger partial charge on any atom is -0.477 e. The minimum atomic E-state index is -1.18. The van der Waals surface area contributed by atoms with Gasteiger partial charge in [-0.2, -0.15) is 0 Å². The summed E-state index contributed by atoms with van der Waals surface area (Å²) < 4.78 is 1.94. The van der Waals surface area contributed by atoms with Gasteiger partial charge in [-0.25, -0.2) is 4.79 Å². The largest absolute Gasteiger partial charge is 0.477 e. The SMILES string of the molecule is O=C(O)c1cn(C2CC2)c2cc(-c3ccncc3)ccc2c1=O. The number of nitrogens with zero attached hydrogens (tertiary/aromatic N) is 2. The zero-order chi connectivity index (χ0) is 16.0. The second-order valence-electron chi connectivity index (χ2n) is 5.78. The van der Waals surface area contributed by atoms with E-state index >= 15 is 0 Å². The average Bonchev–Trinajstić information content (AvgIpc) is 3.40. The number of carbonyl (C=O) groups is 1. The van der Waals surface area contributed by atoms with Crippen LogP contribution in [0.1, 0.15) is 29.2 Å². The molecule has 0 atom stereocenters. The Morgan fingerprint density at radius 1 is 1.13 bits per heavy atom. The lowest BCUT2D eigenvalue weighted by Gasteiger charge is -2.13. The van der Waals surface area contributed by atoms with Gasteiger partial charge in [0.05, 0.1) is 5.52 Å². The first kappa shape index (κ1) is 13.7. The first-order valence-corrected chi connectivity index (χ1v) is 7.48. The Hall–Kier alpha value is -2.95. The van der Waals surface area contributed by atoms with Crippen molar-refractivity contribution in [1.29, 1.82) is 0 Å². The summed E-state index contributed by atoms with van der Waals surface area (Å²) in [5.41, 5.74) is 2.19. The number of rotatable bonds is 3. The molecule has 0 radical (unpaired) electrons. The number of aromatic nitrogens is 2. The predicted molar refractivity (Wildman–Crippen MR) is 86.7 cm³/mol. The topological polar surface area (TPSA) is 72.2 Å². The lowest BCUT2D eigenvalue weighted by Crippen LogP contribution is -2.18. The standard InChI is InChI=1S/C18H14N2O3/c21-17-14-4-1-12(11-5-7-19-8-6-11)9-16(14)20(13-2-3-13)10-15(17)18(22)23/h1,4-10,13H,2-3H2,(H,22,23). The second kappa shape index (κ2) is 5.05. The molecule has 0 aliphatic heterocycles. The van der Waals surface area contributed by atoms with Crippen LogP contribution >= 0.6 is 0 Å². The van der Waals surface area contributed by atoms with Gasteiger partial charge in [-0.3, -0.25) is 9.78 Å². The fraction of sp³-hybridized carbons (Fsp3) is 0.167. The van der Waals surface area contributed by atoms with Crippen LogP contribution in [-0.2, 0) is 0 Å². The van der Waals surface area contributed by atoms with Crippen LogP contribution in [0.3, 0.4) is 0 Å². The third-order valence-corrected chi connectivity index (χ3v) is 4.22. The molecule has 1 aromatic carbocycles. The number of hydrogen-bond donors (Lipinski definition) is 1. The molecule has 5 nitrogen and oxygen atoms in total. The van der Waals surface area contributed by atoms with Gasteiger partial charge in [-0.1, -0.05) is 6.07 Å². The van der Waals surface area contributed by atoms with E-state index in [4.69, 9.17) is 0 Å². The smallest absolute Gasteiger partial charge is 0.341 e. The molecule has 1 fully saturated rings. The number of hydrogen-bond acceptors (Lipinski definition) is 3. The van der Waals surface area contributed by atoms with Gasteiger partial charge in [-0.15, -0.1) is 0 Å². The zero-order valence-corrected chi connectivity index (χ0v) is 12.3. The lowest BCUT2D eigenvalue weighted by atomic mass is 10.0. The van der Waals surface area contributed by atoms with Gasteiger partial charge in [0.1, 0.15) is 5.56 Å². The van der Waals surface area contributed by atoms with E-state index in [0.29, 0.717) is 5.39 Å². The first-order chi connectivity index (χ1) is 11.1. The van der Waals surface area contributed by atoms with Gasteiger partial charge in [0.2, 0.25) is 5.43 Å². The normalized spacial score (nSPS) is 14.1. The zero-order valence-electron chi connectivity index (χ0n) is 12.3. The summed E-state index contributed by atoms with van der Waals surface area (Å²) in [4.78, 5) is 27.8. The quantitative estimate of drug-likeness (QED) is 0.807. The molecule has 4 rings (SSSR count). The minimum absolute atomic E-state index is 0.166. The number of aromatic carboxylic acids is 1. The molecule has 0 unspecified atom stereocenters. The molecule has 2 heterocycles. The van der Waals surface area contributed by atoms with E-state index in [-0.39, 0.29) is 11.6 Å². The van der Waals surface area contributed by atoms with E-state index in [0.717, 1.165) is 29.5 Å². The Morgan fingerprint density at radius 3 is 2.52 bits per heavy atom. The van der Waals surface area contributed by atoms with Gasteiger partial charge in [0.15, 0.2) is 0 Å². The van der Waals surface area contributed by atoms with Crippen LogP contribution in [0.5, 0.6) is 0 Å². The van der Waals surface area contributed by atoms with Crippen LogP contribution in [-0.4, -0.2) is 20.6 Å². The molecule has 114 valence electrons. The summed E-state index contributed by atoms with van der Waals surface area (Å²) in [7, 11) is 0. The van der Waals surface area contributed by atoms with Crippen LogP contribution in [0, 0.1) is 0 Å². The van der Waals surface area contributed by atoms with Crippen molar-refractivity contribution in [3.8, 4) is 11.1 Å². The fourth-order valence-electron chi connectivity index (χ4n) is 2.88. The van der Waals surface area contributed by atoms with Crippen LogP contribution in [0.15, 0.2) is 53.7 Å². The number of benzene rings is 1. The van der Waals surface area contributed by atoms with Crippen molar-refractivity contribution in [3.63, 3.8) is 0 Å². The molecule has 0 saturated heterocycles. The molecule has 0 spiro atoms. The Kier molecular flexibility index (Phi) is 3.01. The van der Waals surface area contributed by atoms with Crippen molar-refractivity contribution >= 4 is 16.9 Å². The molecule has 1 aliphatic rings. The van der Waals surface area contributed by atoms with Crippen molar-refractivity contribution in [3.05, 3.63) is 64.7 Å². The predicted octanol–water partition coefficient (Wildman–Crippen LogP) is 3.10. The molecule has 1 saturated carbocycles. The van der Waals surface area contributed by atoms with Crippen LogP contribution in [0.4, 0.5) is 0 Å². The van der Waals surface area contributed by atoms with Crippen molar-refractivity contribution < 1.29 is 9.90 Å². The van der Waals surface area contributed by atoms with Gasteiger partial charge in [0.25, 0.3) is 0 Å². The summed E-state index contributed by atoms with van der Waals surface area (Å²) in [5.74, 6) is -1.18. The molecule has 3 aromatic rings. The van der Waals surface area contributed by atoms with Crippen LogP contribution in [0.2, 0.25) is 0 Å². The average molecular weight is 306 g/mol. The van der Waals surface area contributed by atoms with E-state index in [1.54, 1.807) is 18.5 Å². The van der Waals surface area contributed by atoms with E-state index in [2.05, 4.69) is 4.98 Å². The summed E-state index contributed by atoms with van der Waals surface area (Å²) in [6.45, 7) is 0. The van der Waals surface area contributed by atoms with E-state index in [1.165, 1.54) is 6.20 Å². The molecule has 2 aromatic heterocycles. The van der Waals surface area contributed by atoms with Crippen molar-refractivity contribution in [1.82, 2.24) is 9.55 Å². The molecular formula is C18H14N2O3. The van der Waals surface area contributed by atoms with E-state index < -0.39 is 11.4 Å². The van der Waals surface area contributed by atoms with Gasteiger partial charge >= 0.3 is 5.97 Å². The number of pyridine rings is 2. The van der Waals surface area contributed by atoms with E-state index in [9.17, 15) is 14.7 Å². The second-order valence-corrected chi connectivity index (χ2v) is 5.78. The highest BCUT2D eigenvalue weighted by atomic mass is 16.4. The number of carboxylic acids is 1. The maximum absolute atomic E-state index is 12.4. The van der Waals surface area contributed by atoms with Crippen LogP contribution in [0.25, 0.3) is 22.0 Å². The number of carboxylic acid groups (broad SMARTS) is 1. The Bertz CT molecular complexity index is 973. The van der Waals surface area contributed by atoms with Gasteiger partial charge in [-0.05, 0) is 48.2 Å². The van der Waals surface area contributed by atoms with Gasteiger partial charge < -0.3 is 9.67 Å². The monoisotopic (exact) mass is 306 g/mol. The lowest BCUT2D eigenvalue weighted by molar-refractivity contribution is 0.0695. The van der Waals surface area contributed by atoms with Crippen molar-refractivity contribution in [2.24, 2.45) is 0 Å². The summed E-state index contributed by atoms with van der Waals surface area (Å²) in [6, 6.07) is 9.62. The van der Waals surface area contributed by atoms with Gasteiger partial charge in [0, 0.05) is 30.0 Å².